The number of nitrogens with one attached hydrogen (secondary N) is 1. The predicted molar refractivity (Wildman–Crippen MR) is 75.1 cm³/mol. The van der Waals surface area contributed by atoms with Crippen molar-refractivity contribution in [2.75, 3.05) is 59.5 Å². The summed E-state index contributed by atoms with van der Waals surface area (Å²) in [5.41, 5.74) is 0. The molecule has 0 aromatic heterocycles. The average Bonchev–Trinajstić information content (AvgIpc) is 2.44. The quantitative estimate of drug-likeness (QED) is 0.723. The lowest BCUT2D eigenvalue weighted by molar-refractivity contribution is -0.135. The minimum absolute atomic E-state index is 0.261. The molecule has 0 aromatic rings. The van der Waals surface area contributed by atoms with Crippen molar-refractivity contribution in [3.8, 4) is 0 Å². The fraction of sp³-hybridized carbons (Fsp3) is 0.929. The average molecular weight is 269 g/mol. The number of likely N-dealkylation sites (tertiary alicyclic amines) is 1. The van der Waals surface area contributed by atoms with Gasteiger partial charge >= 0.3 is 0 Å². The van der Waals surface area contributed by atoms with E-state index < -0.39 is 0 Å². The second-order valence-corrected chi connectivity index (χ2v) is 5.72. The second kappa shape index (κ2) is 7.82. The standard InChI is InChI=1S/C14H27N3O2/c1-16-6-2-3-13(12-16)11-15-5-4-14(18)17-7-9-19-10-8-17/h13,15H,2-12H2,1H3. The van der Waals surface area contributed by atoms with E-state index in [1.165, 1.54) is 25.9 Å². The van der Waals surface area contributed by atoms with Crippen LogP contribution >= 0.6 is 0 Å². The Morgan fingerprint density at radius 3 is 2.84 bits per heavy atom. The summed E-state index contributed by atoms with van der Waals surface area (Å²) in [6.07, 6.45) is 3.23. The van der Waals surface area contributed by atoms with E-state index in [0.717, 1.165) is 32.1 Å². The van der Waals surface area contributed by atoms with E-state index in [2.05, 4.69) is 17.3 Å². The van der Waals surface area contributed by atoms with Gasteiger partial charge in [-0.05, 0) is 38.9 Å². The number of ether oxygens (including phenoxy) is 1. The highest BCUT2D eigenvalue weighted by molar-refractivity contribution is 5.76. The molecule has 2 aliphatic rings. The molecule has 2 saturated heterocycles. The first-order valence-corrected chi connectivity index (χ1v) is 7.50. The SMILES string of the molecule is CN1CCCC(CNCCC(=O)N2CCOCC2)C1. The maximum atomic E-state index is 11.9. The third-order valence-electron chi connectivity index (χ3n) is 4.03. The molecule has 0 bridgehead atoms. The van der Waals surface area contributed by atoms with Crippen LogP contribution in [0.15, 0.2) is 0 Å². The van der Waals surface area contributed by atoms with Crippen molar-refractivity contribution < 1.29 is 9.53 Å². The van der Waals surface area contributed by atoms with Crippen LogP contribution in [0.3, 0.4) is 0 Å². The topological polar surface area (TPSA) is 44.8 Å². The molecule has 0 aromatic carbocycles. The molecule has 0 spiro atoms. The van der Waals surface area contributed by atoms with Gasteiger partial charge in [0.15, 0.2) is 0 Å². The van der Waals surface area contributed by atoms with E-state index in [1.54, 1.807) is 0 Å². The molecular weight excluding hydrogens is 242 g/mol. The van der Waals surface area contributed by atoms with E-state index in [-0.39, 0.29) is 5.91 Å². The Kier molecular flexibility index (Phi) is 6.07. The molecule has 5 heteroatoms. The normalized spacial score (nSPS) is 25.5. The summed E-state index contributed by atoms with van der Waals surface area (Å²) in [6, 6.07) is 0. The largest absolute Gasteiger partial charge is 0.378 e. The highest BCUT2D eigenvalue weighted by atomic mass is 16.5. The van der Waals surface area contributed by atoms with Gasteiger partial charge in [-0.2, -0.15) is 0 Å². The molecule has 1 unspecified atom stereocenters. The van der Waals surface area contributed by atoms with Gasteiger partial charge in [-0.25, -0.2) is 0 Å². The van der Waals surface area contributed by atoms with Gasteiger partial charge in [-0.1, -0.05) is 0 Å². The number of piperidine rings is 1. The Morgan fingerprint density at radius 2 is 2.11 bits per heavy atom. The number of carbonyl (C=O) groups excluding carboxylic acids is 1. The van der Waals surface area contributed by atoms with Crippen molar-refractivity contribution in [2.24, 2.45) is 5.92 Å². The van der Waals surface area contributed by atoms with E-state index >= 15 is 0 Å². The Labute approximate surface area is 116 Å². The number of nitrogens with zero attached hydrogens (tertiary/aromatic N) is 2. The van der Waals surface area contributed by atoms with Crippen LogP contribution in [0.1, 0.15) is 19.3 Å². The third kappa shape index (κ3) is 5.09. The number of hydrogen-bond donors (Lipinski definition) is 1. The van der Waals surface area contributed by atoms with E-state index in [1.807, 2.05) is 4.90 Å². The van der Waals surface area contributed by atoms with E-state index in [4.69, 9.17) is 4.74 Å². The third-order valence-corrected chi connectivity index (χ3v) is 4.03. The first-order chi connectivity index (χ1) is 9.25. The first-order valence-electron chi connectivity index (χ1n) is 7.50. The van der Waals surface area contributed by atoms with E-state index in [9.17, 15) is 4.79 Å². The lowest BCUT2D eigenvalue weighted by atomic mass is 9.98. The fourth-order valence-corrected chi connectivity index (χ4v) is 2.91. The van der Waals surface area contributed by atoms with Crippen LogP contribution in [0.4, 0.5) is 0 Å². The predicted octanol–water partition coefficient (Wildman–Crippen LogP) is 0.167. The number of amides is 1. The fourth-order valence-electron chi connectivity index (χ4n) is 2.91. The molecule has 19 heavy (non-hydrogen) atoms. The Hall–Kier alpha value is -0.650. The molecule has 1 amide bonds. The molecule has 5 nitrogen and oxygen atoms in total. The summed E-state index contributed by atoms with van der Waals surface area (Å²) in [6.45, 7) is 7.15. The van der Waals surface area contributed by atoms with Crippen molar-refractivity contribution >= 4 is 5.91 Å². The van der Waals surface area contributed by atoms with Crippen LogP contribution in [0.5, 0.6) is 0 Å². The summed E-state index contributed by atoms with van der Waals surface area (Å²) in [4.78, 5) is 16.2. The number of hydrogen-bond acceptors (Lipinski definition) is 4. The maximum absolute atomic E-state index is 11.9. The number of rotatable bonds is 5. The zero-order valence-corrected chi connectivity index (χ0v) is 12.1. The van der Waals surface area contributed by atoms with Crippen LogP contribution in [0.25, 0.3) is 0 Å². The van der Waals surface area contributed by atoms with Crippen molar-refractivity contribution in [1.29, 1.82) is 0 Å². The monoisotopic (exact) mass is 269 g/mol. The van der Waals surface area contributed by atoms with Gasteiger partial charge in [0.25, 0.3) is 0 Å². The van der Waals surface area contributed by atoms with Crippen LogP contribution in [-0.2, 0) is 9.53 Å². The zero-order chi connectivity index (χ0) is 13.5. The van der Waals surface area contributed by atoms with Crippen molar-refractivity contribution in [2.45, 2.75) is 19.3 Å². The minimum atomic E-state index is 0.261. The molecule has 0 aliphatic carbocycles. The summed E-state index contributed by atoms with van der Waals surface area (Å²) < 4.78 is 5.25. The van der Waals surface area contributed by atoms with Gasteiger partial charge in [-0.3, -0.25) is 4.79 Å². The summed E-state index contributed by atoms with van der Waals surface area (Å²) in [5, 5.41) is 3.44. The Balaban J connectivity index is 1.54. The highest BCUT2D eigenvalue weighted by Gasteiger charge is 2.18. The van der Waals surface area contributed by atoms with Crippen LogP contribution < -0.4 is 5.32 Å². The molecule has 0 saturated carbocycles. The van der Waals surface area contributed by atoms with E-state index in [0.29, 0.717) is 19.6 Å². The number of morpholine rings is 1. The van der Waals surface area contributed by atoms with Crippen LogP contribution in [0, 0.1) is 5.92 Å². The van der Waals surface area contributed by atoms with Crippen molar-refractivity contribution in [3.05, 3.63) is 0 Å². The second-order valence-electron chi connectivity index (χ2n) is 5.72. The van der Waals surface area contributed by atoms with Gasteiger partial charge in [0.2, 0.25) is 5.91 Å². The first kappa shape index (κ1) is 14.8. The number of carbonyl (C=O) groups is 1. The molecule has 2 aliphatic heterocycles. The smallest absolute Gasteiger partial charge is 0.224 e. The maximum Gasteiger partial charge on any atom is 0.224 e. The van der Waals surface area contributed by atoms with Crippen LogP contribution in [0.2, 0.25) is 0 Å². The molecular formula is C14H27N3O2. The van der Waals surface area contributed by atoms with Gasteiger partial charge in [-0.15, -0.1) is 0 Å². The minimum Gasteiger partial charge on any atom is -0.378 e. The molecule has 2 heterocycles. The lowest BCUT2D eigenvalue weighted by Gasteiger charge is -2.30. The molecule has 110 valence electrons. The van der Waals surface area contributed by atoms with Gasteiger partial charge in [0.1, 0.15) is 0 Å². The van der Waals surface area contributed by atoms with Gasteiger partial charge in [0.05, 0.1) is 13.2 Å². The Morgan fingerprint density at radius 1 is 1.32 bits per heavy atom. The van der Waals surface area contributed by atoms with Crippen molar-refractivity contribution in [3.63, 3.8) is 0 Å². The van der Waals surface area contributed by atoms with Crippen molar-refractivity contribution in [1.82, 2.24) is 15.1 Å². The summed E-state index contributed by atoms with van der Waals surface area (Å²) in [7, 11) is 2.19. The molecule has 1 atom stereocenters. The summed E-state index contributed by atoms with van der Waals surface area (Å²) in [5.74, 6) is 1.01. The lowest BCUT2D eigenvalue weighted by Crippen LogP contribution is -2.42. The van der Waals surface area contributed by atoms with Gasteiger partial charge in [0, 0.05) is 32.6 Å². The van der Waals surface area contributed by atoms with Crippen LogP contribution in [-0.4, -0.2) is 75.2 Å². The molecule has 1 N–H and O–H groups in total. The molecule has 0 radical (unpaired) electrons. The van der Waals surface area contributed by atoms with Gasteiger partial charge < -0.3 is 19.9 Å². The zero-order valence-electron chi connectivity index (χ0n) is 12.1. The highest BCUT2D eigenvalue weighted by Crippen LogP contribution is 2.13. The molecule has 2 rings (SSSR count). The molecule has 2 fully saturated rings. The Bertz CT molecular complexity index is 280. The summed E-state index contributed by atoms with van der Waals surface area (Å²) >= 11 is 0.